The quantitative estimate of drug-likeness (QED) is 0.464. The molecule has 1 aliphatic heterocycles. The Balaban J connectivity index is 1.97. The van der Waals surface area contributed by atoms with Gasteiger partial charge in [-0.1, -0.05) is 29.8 Å². The summed E-state index contributed by atoms with van der Waals surface area (Å²) in [6, 6.07) is 12.7. The lowest BCUT2D eigenvalue weighted by molar-refractivity contribution is -0.384. The van der Waals surface area contributed by atoms with E-state index in [4.69, 9.17) is 0 Å². The van der Waals surface area contributed by atoms with E-state index in [-0.39, 0.29) is 17.1 Å². The van der Waals surface area contributed by atoms with Gasteiger partial charge in [0.2, 0.25) is 0 Å². The van der Waals surface area contributed by atoms with Crippen LogP contribution in [0.5, 0.6) is 0 Å². The second kappa shape index (κ2) is 6.76. The molecule has 3 rings (SSSR count). The number of hydrogen-bond acceptors (Lipinski definition) is 4. The highest BCUT2D eigenvalue weighted by Crippen LogP contribution is 2.31. The van der Waals surface area contributed by atoms with Gasteiger partial charge in [0.1, 0.15) is 0 Å². The topological polar surface area (TPSA) is 80.5 Å². The minimum Gasteiger partial charge on any atom is -0.269 e. The molecular formula is C19H18N2O4S. The van der Waals surface area contributed by atoms with E-state index in [0.717, 1.165) is 22.3 Å². The van der Waals surface area contributed by atoms with Gasteiger partial charge in [-0.25, -0.2) is 8.42 Å². The Labute approximate surface area is 152 Å². The standard InChI is InChI=1S/C19H18N2O4S/c1-14-3-9-19(10-4-14)26(24,25)20-12-15(2)11-17(13-20)16-5-7-18(8-6-16)21(22)23/h3-10,13H,2,11-12H2,1H3. The van der Waals surface area contributed by atoms with Crippen molar-refractivity contribution in [3.8, 4) is 0 Å². The number of allylic oxidation sites excluding steroid dienone is 1. The Morgan fingerprint density at radius 3 is 2.27 bits per heavy atom. The van der Waals surface area contributed by atoms with Gasteiger partial charge < -0.3 is 0 Å². The Morgan fingerprint density at radius 1 is 1.08 bits per heavy atom. The second-order valence-corrected chi connectivity index (χ2v) is 8.14. The molecule has 0 bridgehead atoms. The molecule has 0 aromatic heterocycles. The molecule has 26 heavy (non-hydrogen) atoms. The predicted molar refractivity (Wildman–Crippen MR) is 99.9 cm³/mol. The van der Waals surface area contributed by atoms with Crippen LogP contribution >= 0.6 is 0 Å². The van der Waals surface area contributed by atoms with Gasteiger partial charge in [-0.05, 0) is 48.7 Å². The van der Waals surface area contributed by atoms with Crippen molar-refractivity contribution in [2.24, 2.45) is 0 Å². The van der Waals surface area contributed by atoms with Gasteiger partial charge in [-0.3, -0.25) is 14.4 Å². The summed E-state index contributed by atoms with van der Waals surface area (Å²) < 4.78 is 27.1. The maximum Gasteiger partial charge on any atom is 0.269 e. The van der Waals surface area contributed by atoms with E-state index in [9.17, 15) is 18.5 Å². The van der Waals surface area contributed by atoms with Crippen LogP contribution in [-0.2, 0) is 10.0 Å². The molecule has 0 unspecified atom stereocenters. The lowest BCUT2D eigenvalue weighted by atomic mass is 9.97. The van der Waals surface area contributed by atoms with Crippen LogP contribution < -0.4 is 0 Å². The zero-order valence-corrected chi connectivity index (χ0v) is 15.1. The molecule has 0 saturated heterocycles. The summed E-state index contributed by atoms with van der Waals surface area (Å²) in [4.78, 5) is 10.5. The van der Waals surface area contributed by atoms with Crippen LogP contribution in [0.15, 0.2) is 71.8 Å². The molecule has 0 N–H and O–H groups in total. The van der Waals surface area contributed by atoms with E-state index in [1.165, 1.54) is 16.4 Å². The summed E-state index contributed by atoms with van der Waals surface area (Å²) in [6.45, 7) is 6.06. The summed E-state index contributed by atoms with van der Waals surface area (Å²) in [5.74, 6) is 0. The third-order valence-corrected chi connectivity index (χ3v) is 5.92. The van der Waals surface area contributed by atoms with E-state index in [1.807, 2.05) is 6.92 Å². The number of hydrogen-bond donors (Lipinski definition) is 0. The van der Waals surface area contributed by atoms with Crippen molar-refractivity contribution in [2.75, 3.05) is 6.54 Å². The summed E-state index contributed by atoms with van der Waals surface area (Å²) in [6.07, 6.45) is 2.11. The number of nitrogens with zero attached hydrogens (tertiary/aromatic N) is 2. The molecule has 0 spiro atoms. The van der Waals surface area contributed by atoms with Crippen molar-refractivity contribution in [2.45, 2.75) is 18.2 Å². The number of rotatable bonds is 4. The molecule has 0 saturated carbocycles. The SMILES string of the molecule is C=C1CC(c2ccc([N+](=O)[O-])cc2)=CN(S(=O)(=O)c2ccc(C)cc2)C1. The first-order valence-corrected chi connectivity index (χ1v) is 9.42. The van der Waals surface area contributed by atoms with Crippen molar-refractivity contribution in [3.05, 3.63) is 88.1 Å². The smallest absolute Gasteiger partial charge is 0.269 e. The number of non-ortho nitro benzene ring substituents is 1. The van der Waals surface area contributed by atoms with Crippen molar-refractivity contribution >= 4 is 21.3 Å². The Morgan fingerprint density at radius 2 is 1.69 bits per heavy atom. The van der Waals surface area contributed by atoms with Gasteiger partial charge in [-0.2, -0.15) is 0 Å². The van der Waals surface area contributed by atoms with Crippen LogP contribution in [0.3, 0.4) is 0 Å². The number of benzene rings is 2. The van der Waals surface area contributed by atoms with E-state index in [1.54, 1.807) is 42.6 Å². The number of nitro groups is 1. The van der Waals surface area contributed by atoms with Gasteiger partial charge in [0, 0.05) is 18.3 Å². The second-order valence-electron chi connectivity index (χ2n) is 6.25. The molecule has 2 aromatic carbocycles. The van der Waals surface area contributed by atoms with Crippen LogP contribution in [0.2, 0.25) is 0 Å². The van der Waals surface area contributed by atoms with E-state index in [0.29, 0.717) is 6.42 Å². The highest BCUT2D eigenvalue weighted by molar-refractivity contribution is 7.89. The van der Waals surface area contributed by atoms with Crippen molar-refractivity contribution in [1.82, 2.24) is 4.31 Å². The maximum absolute atomic E-state index is 12.9. The summed E-state index contributed by atoms with van der Waals surface area (Å²) in [5, 5.41) is 10.8. The van der Waals surface area contributed by atoms with Gasteiger partial charge in [-0.15, -0.1) is 0 Å². The summed E-state index contributed by atoms with van der Waals surface area (Å²) in [7, 11) is -3.69. The highest BCUT2D eigenvalue weighted by Gasteiger charge is 2.26. The molecule has 134 valence electrons. The van der Waals surface area contributed by atoms with Gasteiger partial charge in [0.05, 0.1) is 16.4 Å². The lowest BCUT2D eigenvalue weighted by Gasteiger charge is -2.28. The Kier molecular flexibility index (Phi) is 4.65. The fourth-order valence-electron chi connectivity index (χ4n) is 2.78. The molecule has 7 heteroatoms. The van der Waals surface area contributed by atoms with Gasteiger partial charge >= 0.3 is 0 Å². The summed E-state index contributed by atoms with van der Waals surface area (Å²) in [5.41, 5.74) is 3.23. The molecular weight excluding hydrogens is 352 g/mol. The first-order valence-electron chi connectivity index (χ1n) is 7.98. The first-order chi connectivity index (χ1) is 12.3. The van der Waals surface area contributed by atoms with E-state index >= 15 is 0 Å². The fourth-order valence-corrected chi connectivity index (χ4v) is 4.15. The zero-order chi connectivity index (χ0) is 18.9. The molecule has 2 aromatic rings. The number of nitro benzene ring substituents is 1. The normalized spacial score (nSPS) is 14.9. The predicted octanol–water partition coefficient (Wildman–Crippen LogP) is 3.89. The largest absolute Gasteiger partial charge is 0.269 e. The summed E-state index contributed by atoms with van der Waals surface area (Å²) >= 11 is 0. The van der Waals surface area contributed by atoms with Crippen molar-refractivity contribution in [1.29, 1.82) is 0 Å². The van der Waals surface area contributed by atoms with Gasteiger partial charge in [0.25, 0.3) is 15.7 Å². The minimum absolute atomic E-state index is 0.00637. The molecule has 0 aliphatic carbocycles. The molecule has 6 nitrogen and oxygen atoms in total. The van der Waals surface area contributed by atoms with Crippen LogP contribution in [0.25, 0.3) is 5.57 Å². The Bertz CT molecular complexity index is 991. The first kappa shape index (κ1) is 17.9. The van der Waals surface area contributed by atoms with Crippen LogP contribution in [0.1, 0.15) is 17.5 Å². The van der Waals surface area contributed by atoms with Crippen LogP contribution in [0, 0.1) is 17.0 Å². The van der Waals surface area contributed by atoms with E-state index in [2.05, 4.69) is 6.58 Å². The zero-order valence-electron chi connectivity index (χ0n) is 14.3. The highest BCUT2D eigenvalue weighted by atomic mass is 32.2. The monoisotopic (exact) mass is 370 g/mol. The molecule has 0 radical (unpaired) electrons. The average Bonchev–Trinajstić information content (AvgIpc) is 2.61. The van der Waals surface area contributed by atoms with Crippen LogP contribution in [0.4, 0.5) is 5.69 Å². The number of sulfonamides is 1. The van der Waals surface area contributed by atoms with Crippen LogP contribution in [-0.4, -0.2) is 24.2 Å². The Hall–Kier alpha value is -2.93. The van der Waals surface area contributed by atoms with Gasteiger partial charge in [0.15, 0.2) is 0 Å². The molecule has 1 heterocycles. The minimum atomic E-state index is -3.69. The molecule has 0 atom stereocenters. The fraction of sp³-hybridized carbons (Fsp3) is 0.158. The van der Waals surface area contributed by atoms with Crippen molar-refractivity contribution < 1.29 is 13.3 Å². The lowest BCUT2D eigenvalue weighted by Crippen LogP contribution is -2.30. The van der Waals surface area contributed by atoms with E-state index < -0.39 is 14.9 Å². The van der Waals surface area contributed by atoms with Crippen molar-refractivity contribution in [3.63, 3.8) is 0 Å². The molecule has 0 amide bonds. The third kappa shape index (κ3) is 3.52. The average molecular weight is 370 g/mol. The number of aryl methyl sites for hydroxylation is 1. The molecule has 0 fully saturated rings. The third-order valence-electron chi connectivity index (χ3n) is 4.20. The molecule has 1 aliphatic rings. The maximum atomic E-state index is 12.9.